The molecule has 0 saturated carbocycles. The predicted octanol–water partition coefficient (Wildman–Crippen LogP) is 4.91. The second-order valence-corrected chi connectivity index (χ2v) is 6.78. The second-order valence-electron chi connectivity index (χ2n) is 6.78. The van der Waals surface area contributed by atoms with E-state index >= 15 is 0 Å². The number of allylic oxidation sites excluding steroid dienone is 1. The first-order valence-electron chi connectivity index (χ1n) is 8.89. The largest absolute Gasteiger partial charge is 0.508 e. The molecular formula is C22H25NO4. The summed E-state index contributed by atoms with van der Waals surface area (Å²) in [5.41, 5.74) is 1.23. The van der Waals surface area contributed by atoms with Gasteiger partial charge in [0.2, 0.25) is 0 Å². The van der Waals surface area contributed by atoms with Gasteiger partial charge in [-0.25, -0.2) is 4.79 Å². The average Bonchev–Trinajstić information content (AvgIpc) is 2.60. The first-order valence-corrected chi connectivity index (χ1v) is 8.89. The quantitative estimate of drug-likeness (QED) is 0.582. The molecule has 142 valence electrons. The smallest absolute Gasteiger partial charge is 0.415 e. The van der Waals surface area contributed by atoms with Crippen molar-refractivity contribution < 1.29 is 19.4 Å². The highest BCUT2D eigenvalue weighted by atomic mass is 16.6. The molecule has 0 aliphatic carbocycles. The number of amides is 1. The molecule has 5 heteroatoms. The number of nitrogens with zero attached hydrogens (tertiary/aromatic N) is 1. The van der Waals surface area contributed by atoms with Crippen molar-refractivity contribution >= 4 is 18.0 Å². The number of benzene rings is 2. The van der Waals surface area contributed by atoms with E-state index in [1.54, 1.807) is 59.5 Å². The zero-order chi connectivity index (χ0) is 20.0. The van der Waals surface area contributed by atoms with Gasteiger partial charge in [0.1, 0.15) is 11.5 Å². The molecule has 27 heavy (non-hydrogen) atoms. The van der Waals surface area contributed by atoms with Gasteiger partial charge in [0.15, 0.2) is 5.78 Å². The van der Waals surface area contributed by atoms with Gasteiger partial charge in [0.25, 0.3) is 0 Å². The van der Waals surface area contributed by atoms with Crippen LogP contribution in [0.5, 0.6) is 11.5 Å². The normalized spacial score (nSPS) is 11.2. The molecule has 2 aromatic rings. The minimum absolute atomic E-state index is 0.00978. The highest BCUT2D eigenvalue weighted by molar-refractivity contribution is 6.07. The molecule has 0 saturated heterocycles. The fourth-order valence-electron chi connectivity index (χ4n) is 2.74. The molecule has 2 rings (SSSR count). The number of phenolic OH excluding ortho intramolecular Hbond substituents is 1. The first-order chi connectivity index (χ1) is 12.8. The van der Waals surface area contributed by atoms with Gasteiger partial charge >= 0.3 is 6.09 Å². The molecule has 0 unspecified atom stereocenters. The lowest BCUT2D eigenvalue weighted by Crippen LogP contribution is -2.43. The molecule has 0 atom stereocenters. The van der Waals surface area contributed by atoms with E-state index in [4.69, 9.17) is 4.74 Å². The van der Waals surface area contributed by atoms with Crippen molar-refractivity contribution in [3.8, 4) is 11.5 Å². The van der Waals surface area contributed by atoms with Crippen molar-refractivity contribution in [1.82, 2.24) is 4.90 Å². The highest BCUT2D eigenvalue weighted by Gasteiger charge is 2.22. The van der Waals surface area contributed by atoms with E-state index in [1.807, 2.05) is 27.7 Å². The molecule has 2 aromatic carbocycles. The number of ketones is 1. The Bertz CT molecular complexity index is 814. The Balaban J connectivity index is 2.11. The molecule has 5 nitrogen and oxygen atoms in total. The predicted molar refractivity (Wildman–Crippen MR) is 106 cm³/mol. The van der Waals surface area contributed by atoms with Gasteiger partial charge in [-0.05, 0) is 63.6 Å². The molecule has 0 radical (unpaired) electrons. The highest BCUT2D eigenvalue weighted by Crippen LogP contribution is 2.18. The van der Waals surface area contributed by atoms with Gasteiger partial charge < -0.3 is 14.7 Å². The van der Waals surface area contributed by atoms with Gasteiger partial charge in [-0.15, -0.1) is 0 Å². The third-order valence-corrected chi connectivity index (χ3v) is 3.97. The molecule has 0 aliphatic rings. The van der Waals surface area contributed by atoms with Crippen molar-refractivity contribution in [2.75, 3.05) is 0 Å². The van der Waals surface area contributed by atoms with Gasteiger partial charge in [0.05, 0.1) is 0 Å². The van der Waals surface area contributed by atoms with E-state index in [2.05, 4.69) is 0 Å². The van der Waals surface area contributed by atoms with Gasteiger partial charge in [0, 0.05) is 17.6 Å². The summed E-state index contributed by atoms with van der Waals surface area (Å²) in [7, 11) is 0. The Hall–Kier alpha value is -3.08. The van der Waals surface area contributed by atoms with E-state index < -0.39 is 6.09 Å². The molecule has 0 aromatic heterocycles. The van der Waals surface area contributed by atoms with E-state index in [9.17, 15) is 14.7 Å². The van der Waals surface area contributed by atoms with Crippen LogP contribution in [0.4, 0.5) is 4.79 Å². The molecule has 1 N–H and O–H groups in total. The summed E-state index contributed by atoms with van der Waals surface area (Å²) in [5, 5.41) is 9.29. The summed E-state index contributed by atoms with van der Waals surface area (Å²) in [4.78, 5) is 26.4. The molecule has 1 amide bonds. The van der Waals surface area contributed by atoms with E-state index in [0.717, 1.165) is 5.56 Å². The maximum atomic E-state index is 12.4. The van der Waals surface area contributed by atoms with E-state index in [-0.39, 0.29) is 23.6 Å². The zero-order valence-corrected chi connectivity index (χ0v) is 16.0. The fraction of sp³-hybridized carbons (Fsp3) is 0.273. The van der Waals surface area contributed by atoms with Crippen LogP contribution >= 0.6 is 0 Å². The Morgan fingerprint density at radius 2 is 1.63 bits per heavy atom. The zero-order valence-electron chi connectivity index (χ0n) is 16.0. The Kier molecular flexibility index (Phi) is 6.77. The third-order valence-electron chi connectivity index (χ3n) is 3.97. The Labute approximate surface area is 159 Å². The lowest BCUT2D eigenvalue weighted by molar-refractivity contribution is 0.104. The summed E-state index contributed by atoms with van der Waals surface area (Å²) < 4.78 is 5.45. The van der Waals surface area contributed by atoms with Crippen molar-refractivity contribution in [1.29, 1.82) is 0 Å². The average molecular weight is 367 g/mol. The van der Waals surface area contributed by atoms with Crippen LogP contribution in [0.3, 0.4) is 0 Å². The maximum Gasteiger partial charge on any atom is 0.415 e. The maximum absolute atomic E-state index is 12.4. The number of phenols is 1. The standard InChI is InChI=1S/C22H25NO4/c1-15(2)23(16(3)4)22(26)27-20-7-5-6-18(14-20)21(25)13-10-17-8-11-19(24)12-9-17/h5-16,24H,1-4H3/b13-10+. The number of aromatic hydroxyl groups is 1. The van der Waals surface area contributed by atoms with E-state index in [1.165, 1.54) is 6.08 Å². The topological polar surface area (TPSA) is 66.8 Å². The number of rotatable bonds is 6. The summed E-state index contributed by atoms with van der Waals surface area (Å²) in [6.45, 7) is 7.70. The van der Waals surface area contributed by atoms with Crippen LogP contribution in [-0.4, -0.2) is 34.0 Å². The molecule has 0 spiro atoms. The van der Waals surface area contributed by atoms with Crippen molar-refractivity contribution in [3.63, 3.8) is 0 Å². The number of hydrogen-bond acceptors (Lipinski definition) is 4. The van der Waals surface area contributed by atoms with Crippen LogP contribution in [0.2, 0.25) is 0 Å². The van der Waals surface area contributed by atoms with Crippen molar-refractivity contribution in [2.45, 2.75) is 39.8 Å². The van der Waals surface area contributed by atoms with Crippen LogP contribution in [-0.2, 0) is 0 Å². The number of carbonyl (C=O) groups is 2. The van der Waals surface area contributed by atoms with Crippen molar-refractivity contribution in [2.24, 2.45) is 0 Å². The SMILES string of the molecule is CC(C)N(C(=O)Oc1cccc(C(=O)/C=C/c2ccc(O)cc2)c1)C(C)C. The number of carbonyl (C=O) groups excluding carboxylic acids is 2. The van der Waals surface area contributed by atoms with Gasteiger partial charge in [-0.1, -0.05) is 30.3 Å². The fourth-order valence-corrected chi connectivity index (χ4v) is 2.74. The minimum atomic E-state index is -0.441. The van der Waals surface area contributed by atoms with Crippen LogP contribution in [0.1, 0.15) is 43.6 Å². The minimum Gasteiger partial charge on any atom is -0.508 e. The summed E-state index contributed by atoms with van der Waals surface area (Å²) in [6, 6.07) is 13.1. The summed E-state index contributed by atoms with van der Waals surface area (Å²) in [6.07, 6.45) is 2.67. The lowest BCUT2D eigenvalue weighted by Gasteiger charge is -2.29. The second kappa shape index (κ2) is 9.03. The Morgan fingerprint density at radius 3 is 2.22 bits per heavy atom. The summed E-state index contributed by atoms with van der Waals surface area (Å²) in [5.74, 6) is 0.297. The molecule has 0 aliphatic heterocycles. The molecular weight excluding hydrogens is 342 g/mol. The van der Waals surface area contributed by atoms with Crippen LogP contribution in [0, 0.1) is 0 Å². The lowest BCUT2D eigenvalue weighted by atomic mass is 10.1. The third kappa shape index (κ3) is 5.71. The Morgan fingerprint density at radius 1 is 1.00 bits per heavy atom. The van der Waals surface area contributed by atoms with Crippen LogP contribution < -0.4 is 4.74 Å². The van der Waals surface area contributed by atoms with Gasteiger partial charge in [-0.3, -0.25) is 4.79 Å². The van der Waals surface area contributed by atoms with E-state index in [0.29, 0.717) is 11.3 Å². The number of ether oxygens (including phenoxy) is 1. The van der Waals surface area contributed by atoms with Gasteiger partial charge in [-0.2, -0.15) is 0 Å². The summed E-state index contributed by atoms with van der Waals surface area (Å²) >= 11 is 0. The molecule has 0 bridgehead atoms. The van der Waals surface area contributed by atoms with Crippen LogP contribution in [0.25, 0.3) is 6.08 Å². The number of hydrogen-bond donors (Lipinski definition) is 1. The molecule has 0 heterocycles. The van der Waals surface area contributed by atoms with Crippen LogP contribution in [0.15, 0.2) is 54.6 Å². The monoisotopic (exact) mass is 367 g/mol. The van der Waals surface area contributed by atoms with Crippen molar-refractivity contribution in [3.05, 3.63) is 65.7 Å². The first kappa shape index (κ1) is 20.2. The molecule has 0 fully saturated rings.